The van der Waals surface area contributed by atoms with E-state index in [4.69, 9.17) is 0 Å². The molecule has 0 heterocycles. The zero-order chi connectivity index (χ0) is 12.1. The summed E-state index contributed by atoms with van der Waals surface area (Å²) in [4.78, 5) is 0. The van der Waals surface area contributed by atoms with Crippen LogP contribution in [-0.4, -0.2) is 11.3 Å². The molecule has 2 aliphatic rings. The van der Waals surface area contributed by atoms with Gasteiger partial charge in [-0.05, 0) is 55.2 Å². The smallest absolute Gasteiger partial charge is 0.0170 e. The zero-order valence-electron chi connectivity index (χ0n) is 11.8. The van der Waals surface area contributed by atoms with E-state index in [1.165, 1.54) is 38.5 Å². The van der Waals surface area contributed by atoms with E-state index in [9.17, 15) is 0 Å². The molecule has 0 unspecified atom stereocenters. The van der Waals surface area contributed by atoms with Crippen LogP contribution in [-0.2, 0) is 0 Å². The fraction of sp³-hybridized carbons (Fsp3) is 0.875. The highest BCUT2D eigenvalue weighted by Crippen LogP contribution is 2.62. The van der Waals surface area contributed by atoms with Gasteiger partial charge in [0, 0.05) is 0 Å². The Balaban J connectivity index is 2.12. The maximum absolute atomic E-state index is 2.59. The molecule has 2 aliphatic carbocycles. The number of hydrogen-bond donors (Lipinski definition) is 0. The summed E-state index contributed by atoms with van der Waals surface area (Å²) in [5, 5.41) is 1.88. The van der Waals surface area contributed by atoms with E-state index in [0.717, 1.165) is 11.3 Å². The Morgan fingerprint density at radius 3 is 1.76 bits per heavy atom. The Bertz CT molecular complexity index is 228. The van der Waals surface area contributed by atoms with E-state index in [1.54, 1.807) is 25.7 Å². The van der Waals surface area contributed by atoms with Crippen molar-refractivity contribution >= 4 is 7.92 Å². The first-order valence-electron chi connectivity index (χ1n) is 7.84. The summed E-state index contributed by atoms with van der Waals surface area (Å²) >= 11 is 0. The van der Waals surface area contributed by atoms with Crippen molar-refractivity contribution in [3.63, 3.8) is 0 Å². The van der Waals surface area contributed by atoms with E-state index >= 15 is 0 Å². The predicted molar refractivity (Wildman–Crippen MR) is 80.1 cm³/mol. The van der Waals surface area contributed by atoms with Crippen LogP contribution in [0.25, 0.3) is 0 Å². The minimum Gasteiger partial charge on any atom is -0.0811 e. The van der Waals surface area contributed by atoms with Gasteiger partial charge in [-0.25, -0.2) is 0 Å². The second-order valence-electron chi connectivity index (χ2n) is 5.74. The van der Waals surface area contributed by atoms with Crippen molar-refractivity contribution in [1.82, 2.24) is 0 Å². The predicted octanol–water partition coefficient (Wildman–Crippen LogP) is 6.06. The largest absolute Gasteiger partial charge is 0.0811 e. The Kier molecular flexibility index (Phi) is 5.54. The van der Waals surface area contributed by atoms with Crippen LogP contribution in [0.3, 0.4) is 0 Å². The SMILES string of the molecule is CC/C=C(\CC)P(C1CCCC1)C1CCCC1. The lowest BCUT2D eigenvalue weighted by atomic mass is 10.3. The standard InChI is InChI=1S/C16H29P/c1-3-9-14(4-2)17(15-10-5-6-11-15)16-12-7-8-13-16/h9,15-16H,3-8,10-13H2,1-2H3/b14-9+. The second kappa shape index (κ2) is 6.93. The van der Waals surface area contributed by atoms with Gasteiger partial charge < -0.3 is 0 Å². The van der Waals surface area contributed by atoms with Crippen LogP contribution in [0.4, 0.5) is 0 Å². The normalized spacial score (nSPS) is 24.1. The molecule has 0 amide bonds. The first-order chi connectivity index (χ1) is 8.36. The first-order valence-corrected chi connectivity index (χ1v) is 9.32. The zero-order valence-corrected chi connectivity index (χ0v) is 12.6. The van der Waals surface area contributed by atoms with Crippen LogP contribution in [0.2, 0.25) is 0 Å². The first kappa shape index (κ1) is 13.6. The van der Waals surface area contributed by atoms with Gasteiger partial charge in [-0.15, -0.1) is 0 Å². The summed E-state index contributed by atoms with van der Waals surface area (Å²) in [6.45, 7) is 4.70. The van der Waals surface area contributed by atoms with Gasteiger partial charge >= 0.3 is 0 Å². The molecule has 0 saturated heterocycles. The molecule has 2 rings (SSSR count). The molecule has 98 valence electrons. The number of rotatable bonds is 5. The molecule has 0 aromatic carbocycles. The van der Waals surface area contributed by atoms with Crippen LogP contribution in [0.1, 0.15) is 78.1 Å². The van der Waals surface area contributed by atoms with Crippen molar-refractivity contribution in [1.29, 1.82) is 0 Å². The molecule has 0 aromatic heterocycles. The van der Waals surface area contributed by atoms with Gasteiger partial charge in [-0.1, -0.05) is 53.5 Å². The molecular formula is C16H29P. The third kappa shape index (κ3) is 3.34. The van der Waals surface area contributed by atoms with E-state index in [2.05, 4.69) is 19.9 Å². The Labute approximate surface area is 109 Å². The van der Waals surface area contributed by atoms with Gasteiger partial charge in [-0.3, -0.25) is 0 Å². The highest BCUT2D eigenvalue weighted by atomic mass is 31.1. The van der Waals surface area contributed by atoms with E-state index in [-0.39, 0.29) is 7.92 Å². The molecule has 0 radical (unpaired) electrons. The molecule has 0 aromatic rings. The van der Waals surface area contributed by atoms with E-state index in [0.29, 0.717) is 0 Å². The van der Waals surface area contributed by atoms with Crippen molar-refractivity contribution < 1.29 is 0 Å². The molecular weight excluding hydrogens is 223 g/mol. The summed E-state index contributed by atoms with van der Waals surface area (Å²) in [6, 6.07) is 0. The monoisotopic (exact) mass is 252 g/mol. The summed E-state index contributed by atoms with van der Waals surface area (Å²) < 4.78 is 0. The second-order valence-corrected chi connectivity index (χ2v) is 8.59. The Morgan fingerprint density at radius 2 is 1.41 bits per heavy atom. The van der Waals surface area contributed by atoms with Crippen LogP contribution in [0.15, 0.2) is 11.4 Å². The van der Waals surface area contributed by atoms with Crippen LogP contribution in [0.5, 0.6) is 0 Å². The molecule has 0 atom stereocenters. The average molecular weight is 252 g/mol. The summed E-state index contributed by atoms with van der Waals surface area (Å²) in [7, 11) is 0.229. The van der Waals surface area contributed by atoms with E-state index in [1.807, 2.05) is 5.31 Å². The summed E-state index contributed by atoms with van der Waals surface area (Å²) in [6.07, 6.45) is 17.4. The Morgan fingerprint density at radius 1 is 0.941 bits per heavy atom. The average Bonchev–Trinajstić information content (AvgIpc) is 3.01. The van der Waals surface area contributed by atoms with Crippen molar-refractivity contribution in [3.05, 3.63) is 11.4 Å². The Hall–Kier alpha value is 0.170. The highest BCUT2D eigenvalue weighted by molar-refractivity contribution is 7.63. The molecule has 0 nitrogen and oxygen atoms in total. The van der Waals surface area contributed by atoms with Crippen molar-refractivity contribution in [2.75, 3.05) is 0 Å². The van der Waals surface area contributed by atoms with Crippen molar-refractivity contribution in [3.8, 4) is 0 Å². The molecule has 2 saturated carbocycles. The maximum atomic E-state index is 2.59. The third-order valence-corrected chi connectivity index (χ3v) is 8.34. The third-order valence-electron chi connectivity index (χ3n) is 4.57. The van der Waals surface area contributed by atoms with E-state index < -0.39 is 0 Å². The molecule has 0 N–H and O–H groups in total. The molecule has 2 fully saturated rings. The highest BCUT2D eigenvalue weighted by Gasteiger charge is 2.34. The van der Waals surface area contributed by atoms with Crippen LogP contribution < -0.4 is 0 Å². The van der Waals surface area contributed by atoms with Gasteiger partial charge in [0.2, 0.25) is 0 Å². The maximum Gasteiger partial charge on any atom is -0.0170 e. The molecule has 0 aliphatic heterocycles. The van der Waals surface area contributed by atoms with Crippen molar-refractivity contribution in [2.45, 2.75) is 89.4 Å². The molecule has 1 heteroatoms. The van der Waals surface area contributed by atoms with Gasteiger partial charge in [0.1, 0.15) is 0 Å². The lowest BCUT2D eigenvalue weighted by Gasteiger charge is -2.32. The van der Waals surface area contributed by atoms with Gasteiger partial charge in [-0.2, -0.15) is 0 Å². The van der Waals surface area contributed by atoms with Crippen molar-refractivity contribution in [2.24, 2.45) is 0 Å². The fourth-order valence-electron chi connectivity index (χ4n) is 3.80. The van der Waals surface area contributed by atoms with Gasteiger partial charge in [0.05, 0.1) is 0 Å². The number of hydrogen-bond acceptors (Lipinski definition) is 0. The molecule has 0 bridgehead atoms. The molecule has 17 heavy (non-hydrogen) atoms. The van der Waals surface area contributed by atoms with Gasteiger partial charge in [0.15, 0.2) is 0 Å². The fourth-order valence-corrected chi connectivity index (χ4v) is 7.94. The minimum absolute atomic E-state index is 0.229. The summed E-state index contributed by atoms with van der Waals surface area (Å²) in [5.74, 6) is 0. The number of allylic oxidation sites excluding steroid dienone is 2. The minimum atomic E-state index is 0.229. The molecule has 0 spiro atoms. The summed E-state index contributed by atoms with van der Waals surface area (Å²) in [5.41, 5.74) is 2.21. The quantitative estimate of drug-likeness (QED) is 0.522. The lowest BCUT2D eigenvalue weighted by Crippen LogP contribution is -2.11. The topological polar surface area (TPSA) is 0 Å². The van der Waals surface area contributed by atoms with Gasteiger partial charge in [0.25, 0.3) is 0 Å². The lowest BCUT2D eigenvalue weighted by molar-refractivity contribution is 0.827. The van der Waals surface area contributed by atoms with Crippen LogP contribution >= 0.6 is 7.92 Å². The van der Waals surface area contributed by atoms with Crippen LogP contribution in [0, 0.1) is 0 Å².